The summed E-state index contributed by atoms with van der Waals surface area (Å²) in [5.74, 6) is 0.571. The summed E-state index contributed by atoms with van der Waals surface area (Å²) in [5.41, 5.74) is 0. The lowest BCUT2D eigenvalue weighted by Gasteiger charge is -2.25. The Balaban J connectivity index is 1.93. The summed E-state index contributed by atoms with van der Waals surface area (Å²) in [6, 6.07) is 0. The minimum Gasteiger partial charge on any atom is -0.282 e. The molecule has 15 heavy (non-hydrogen) atoms. The van der Waals surface area contributed by atoms with E-state index in [2.05, 4.69) is 0 Å². The first-order valence-electron chi connectivity index (χ1n) is 6.02. The number of imide groups is 1. The van der Waals surface area contributed by atoms with Gasteiger partial charge in [-0.1, -0.05) is 26.2 Å². The molecule has 1 atom stereocenters. The Morgan fingerprint density at radius 1 is 1.20 bits per heavy atom. The van der Waals surface area contributed by atoms with Crippen molar-refractivity contribution < 1.29 is 9.59 Å². The van der Waals surface area contributed by atoms with Gasteiger partial charge in [0.2, 0.25) is 11.8 Å². The molecule has 0 N–H and O–H groups in total. The number of nitrogens with zero attached hydrogens (tertiary/aromatic N) is 1. The van der Waals surface area contributed by atoms with Gasteiger partial charge >= 0.3 is 0 Å². The molecule has 0 radical (unpaired) electrons. The zero-order valence-electron chi connectivity index (χ0n) is 9.37. The predicted molar refractivity (Wildman–Crippen MR) is 57.1 cm³/mol. The topological polar surface area (TPSA) is 37.4 Å². The van der Waals surface area contributed by atoms with E-state index in [1.54, 1.807) is 0 Å². The third-order valence-electron chi connectivity index (χ3n) is 3.63. The Hall–Kier alpha value is -0.860. The van der Waals surface area contributed by atoms with E-state index in [9.17, 15) is 9.59 Å². The Morgan fingerprint density at radius 3 is 2.40 bits per heavy atom. The lowest BCUT2D eigenvalue weighted by molar-refractivity contribution is -0.140. The largest absolute Gasteiger partial charge is 0.282 e. The van der Waals surface area contributed by atoms with E-state index in [0.717, 1.165) is 0 Å². The van der Waals surface area contributed by atoms with Crippen molar-refractivity contribution in [2.75, 3.05) is 6.54 Å². The van der Waals surface area contributed by atoms with Gasteiger partial charge in [-0.05, 0) is 18.8 Å². The lowest BCUT2D eigenvalue weighted by atomic mass is 9.89. The fourth-order valence-electron chi connectivity index (χ4n) is 2.67. The van der Waals surface area contributed by atoms with Crippen LogP contribution in [0, 0.1) is 11.8 Å². The number of carbonyl (C=O) groups excluding carboxylic acids is 2. The average Bonchev–Trinajstić information content (AvgIpc) is 2.47. The second-order valence-electron chi connectivity index (χ2n) is 4.95. The van der Waals surface area contributed by atoms with Crippen LogP contribution in [-0.4, -0.2) is 23.3 Å². The molecule has 0 spiro atoms. The monoisotopic (exact) mass is 209 g/mol. The number of rotatable bonds is 2. The number of amides is 2. The molecule has 2 fully saturated rings. The molecule has 0 unspecified atom stereocenters. The molecule has 1 aliphatic heterocycles. The summed E-state index contributed by atoms with van der Waals surface area (Å²) in [6.07, 6.45) is 6.63. The Bertz CT molecular complexity index is 269. The maximum absolute atomic E-state index is 11.7. The first-order chi connectivity index (χ1) is 7.18. The SMILES string of the molecule is C[C@H]1CC(=O)N(CC2CCCCC2)C1=O. The Labute approximate surface area is 90.8 Å². The van der Waals surface area contributed by atoms with E-state index in [-0.39, 0.29) is 17.7 Å². The van der Waals surface area contributed by atoms with Crippen molar-refractivity contribution in [3.05, 3.63) is 0 Å². The first-order valence-corrected chi connectivity index (χ1v) is 6.02. The summed E-state index contributed by atoms with van der Waals surface area (Å²) in [4.78, 5) is 24.8. The highest BCUT2D eigenvalue weighted by Crippen LogP contribution is 2.27. The van der Waals surface area contributed by atoms with Crippen LogP contribution in [-0.2, 0) is 9.59 Å². The number of hydrogen-bond donors (Lipinski definition) is 0. The summed E-state index contributed by atoms with van der Waals surface area (Å²) in [7, 11) is 0. The first kappa shape index (κ1) is 10.7. The summed E-state index contributed by atoms with van der Waals surface area (Å²) >= 11 is 0. The Kier molecular flexibility index (Phi) is 3.08. The molecule has 84 valence electrons. The van der Waals surface area contributed by atoms with E-state index in [0.29, 0.717) is 18.9 Å². The molecular weight excluding hydrogens is 190 g/mol. The number of hydrogen-bond acceptors (Lipinski definition) is 2. The van der Waals surface area contributed by atoms with Crippen LogP contribution in [0.25, 0.3) is 0 Å². The molecule has 1 saturated carbocycles. The maximum Gasteiger partial charge on any atom is 0.232 e. The molecule has 2 amide bonds. The molecule has 1 heterocycles. The third kappa shape index (κ3) is 2.21. The average molecular weight is 209 g/mol. The maximum atomic E-state index is 11.7. The number of carbonyl (C=O) groups is 2. The van der Waals surface area contributed by atoms with Crippen LogP contribution in [0.5, 0.6) is 0 Å². The van der Waals surface area contributed by atoms with Crippen LogP contribution in [0.2, 0.25) is 0 Å². The second kappa shape index (κ2) is 4.33. The highest BCUT2D eigenvalue weighted by atomic mass is 16.2. The van der Waals surface area contributed by atoms with Crippen LogP contribution < -0.4 is 0 Å². The highest BCUT2D eigenvalue weighted by Gasteiger charge is 2.36. The molecular formula is C12H19NO2. The fourth-order valence-corrected chi connectivity index (χ4v) is 2.67. The highest BCUT2D eigenvalue weighted by molar-refractivity contribution is 6.03. The van der Waals surface area contributed by atoms with Crippen LogP contribution in [0.4, 0.5) is 0 Å². The van der Waals surface area contributed by atoms with Crippen molar-refractivity contribution >= 4 is 11.8 Å². The van der Waals surface area contributed by atoms with Gasteiger partial charge in [0, 0.05) is 18.9 Å². The molecule has 3 nitrogen and oxygen atoms in total. The lowest BCUT2D eigenvalue weighted by Crippen LogP contribution is -2.35. The number of likely N-dealkylation sites (tertiary alicyclic amines) is 1. The van der Waals surface area contributed by atoms with E-state index < -0.39 is 0 Å². The molecule has 3 heteroatoms. The zero-order chi connectivity index (χ0) is 10.8. The summed E-state index contributed by atoms with van der Waals surface area (Å²) < 4.78 is 0. The van der Waals surface area contributed by atoms with Gasteiger partial charge in [0.15, 0.2) is 0 Å². The van der Waals surface area contributed by atoms with Crippen molar-refractivity contribution in [1.29, 1.82) is 0 Å². The van der Waals surface area contributed by atoms with Gasteiger partial charge < -0.3 is 0 Å². The quantitative estimate of drug-likeness (QED) is 0.652. The smallest absolute Gasteiger partial charge is 0.232 e. The van der Waals surface area contributed by atoms with Gasteiger partial charge in [0.1, 0.15) is 0 Å². The van der Waals surface area contributed by atoms with Crippen LogP contribution in [0.1, 0.15) is 45.4 Å². The minimum atomic E-state index is -0.0823. The molecule has 1 aliphatic carbocycles. The molecule has 0 bridgehead atoms. The van der Waals surface area contributed by atoms with E-state index in [1.807, 2.05) is 6.92 Å². The minimum absolute atomic E-state index is 0.0399. The van der Waals surface area contributed by atoms with Crippen molar-refractivity contribution in [1.82, 2.24) is 4.90 Å². The summed E-state index contributed by atoms with van der Waals surface area (Å²) in [5, 5.41) is 0. The molecule has 2 rings (SSSR count). The van der Waals surface area contributed by atoms with Crippen molar-refractivity contribution in [2.24, 2.45) is 11.8 Å². The molecule has 2 aliphatic rings. The molecule has 1 saturated heterocycles. The third-order valence-corrected chi connectivity index (χ3v) is 3.63. The van der Waals surface area contributed by atoms with E-state index in [4.69, 9.17) is 0 Å². The Morgan fingerprint density at radius 2 is 1.87 bits per heavy atom. The molecule has 0 aromatic rings. The van der Waals surface area contributed by atoms with Crippen molar-refractivity contribution in [3.63, 3.8) is 0 Å². The fraction of sp³-hybridized carbons (Fsp3) is 0.833. The normalized spacial score (nSPS) is 28.9. The summed E-state index contributed by atoms with van der Waals surface area (Å²) in [6.45, 7) is 2.53. The van der Waals surface area contributed by atoms with Crippen LogP contribution >= 0.6 is 0 Å². The van der Waals surface area contributed by atoms with Crippen LogP contribution in [0.3, 0.4) is 0 Å². The van der Waals surface area contributed by atoms with Gasteiger partial charge in [-0.15, -0.1) is 0 Å². The van der Waals surface area contributed by atoms with Gasteiger partial charge in [0.25, 0.3) is 0 Å². The predicted octanol–water partition coefficient (Wildman–Crippen LogP) is 1.96. The van der Waals surface area contributed by atoms with Crippen molar-refractivity contribution in [3.8, 4) is 0 Å². The molecule has 0 aromatic heterocycles. The standard InChI is InChI=1S/C12H19NO2/c1-9-7-11(14)13(12(9)15)8-10-5-3-2-4-6-10/h9-10H,2-8H2,1H3/t9-/m0/s1. The zero-order valence-corrected chi connectivity index (χ0v) is 9.37. The van der Waals surface area contributed by atoms with E-state index in [1.165, 1.54) is 37.0 Å². The van der Waals surface area contributed by atoms with Gasteiger partial charge in [-0.2, -0.15) is 0 Å². The van der Waals surface area contributed by atoms with Crippen molar-refractivity contribution in [2.45, 2.75) is 45.4 Å². The molecule has 0 aromatic carbocycles. The van der Waals surface area contributed by atoms with Gasteiger partial charge in [-0.25, -0.2) is 0 Å². The second-order valence-corrected chi connectivity index (χ2v) is 4.95. The van der Waals surface area contributed by atoms with Crippen LogP contribution in [0.15, 0.2) is 0 Å². The van der Waals surface area contributed by atoms with Gasteiger partial charge in [0.05, 0.1) is 0 Å². The van der Waals surface area contributed by atoms with Gasteiger partial charge in [-0.3, -0.25) is 14.5 Å². The van der Waals surface area contributed by atoms with E-state index >= 15 is 0 Å².